The van der Waals surface area contributed by atoms with Gasteiger partial charge in [0.15, 0.2) is 15.0 Å². The van der Waals surface area contributed by atoms with Crippen LogP contribution in [0.15, 0.2) is 41.3 Å². The molecule has 0 aliphatic carbocycles. The Hall–Kier alpha value is -2.11. The highest BCUT2D eigenvalue weighted by Gasteiger charge is 2.28. The zero-order chi connectivity index (χ0) is 24.9. The Kier molecular flexibility index (Phi) is 10.6. The van der Waals surface area contributed by atoms with Crippen molar-refractivity contribution in [1.82, 2.24) is 9.88 Å². The van der Waals surface area contributed by atoms with Crippen LogP contribution in [0.3, 0.4) is 0 Å². The summed E-state index contributed by atoms with van der Waals surface area (Å²) in [7, 11) is -0.769. The minimum absolute atomic E-state index is 0. The van der Waals surface area contributed by atoms with E-state index in [0.29, 0.717) is 40.3 Å². The molecule has 8 nitrogen and oxygen atoms in total. The van der Waals surface area contributed by atoms with E-state index in [1.807, 2.05) is 13.8 Å². The van der Waals surface area contributed by atoms with Crippen LogP contribution in [0.1, 0.15) is 13.8 Å². The molecule has 1 amide bonds. The molecule has 192 valence electrons. The summed E-state index contributed by atoms with van der Waals surface area (Å²) in [6, 6.07) is 9.30. The number of aromatic nitrogens is 1. The molecule has 0 fully saturated rings. The van der Waals surface area contributed by atoms with Gasteiger partial charge in [-0.25, -0.2) is 13.4 Å². The molecule has 2 aromatic carbocycles. The van der Waals surface area contributed by atoms with Gasteiger partial charge in [-0.2, -0.15) is 0 Å². The van der Waals surface area contributed by atoms with Crippen LogP contribution < -0.4 is 14.4 Å². The first-order valence-corrected chi connectivity index (χ1v) is 13.6. The number of rotatable bonds is 11. The predicted molar refractivity (Wildman–Crippen MR) is 144 cm³/mol. The molecule has 0 aliphatic rings. The lowest BCUT2D eigenvalue weighted by Gasteiger charge is -2.24. The van der Waals surface area contributed by atoms with E-state index < -0.39 is 21.5 Å². The molecule has 35 heavy (non-hydrogen) atoms. The fourth-order valence-corrected chi connectivity index (χ4v) is 5.91. The highest BCUT2D eigenvalue weighted by molar-refractivity contribution is 7.92. The van der Waals surface area contributed by atoms with E-state index in [1.54, 1.807) is 26.4 Å². The summed E-state index contributed by atoms with van der Waals surface area (Å²) in [4.78, 5) is 21.7. The van der Waals surface area contributed by atoms with E-state index in [2.05, 4.69) is 9.88 Å². The topological polar surface area (TPSA) is 89.0 Å². The van der Waals surface area contributed by atoms with Gasteiger partial charge in [0.25, 0.3) is 0 Å². The normalized spacial score (nSPS) is 11.4. The van der Waals surface area contributed by atoms with Crippen LogP contribution in [0.25, 0.3) is 10.2 Å². The molecule has 0 aliphatic heterocycles. The zero-order valence-electron chi connectivity index (χ0n) is 20.0. The van der Waals surface area contributed by atoms with Crippen LogP contribution in [0.4, 0.5) is 5.13 Å². The number of hydrogen-bond donors (Lipinski definition) is 0. The Bertz CT molecular complexity index is 1210. The van der Waals surface area contributed by atoms with Crippen LogP contribution in [0, 0.1) is 0 Å². The summed E-state index contributed by atoms with van der Waals surface area (Å²) in [5.74, 6) is -0.0938. The van der Waals surface area contributed by atoms with Crippen molar-refractivity contribution in [2.24, 2.45) is 0 Å². The number of amides is 1. The van der Waals surface area contributed by atoms with Crippen LogP contribution in [-0.4, -0.2) is 70.4 Å². The summed E-state index contributed by atoms with van der Waals surface area (Å²) in [6.07, 6.45) is 0. The predicted octanol–water partition coefficient (Wildman–Crippen LogP) is 4.54. The van der Waals surface area contributed by atoms with Gasteiger partial charge in [-0.15, -0.1) is 12.4 Å². The number of benzene rings is 2. The molecule has 0 saturated heterocycles. The molecule has 1 aromatic heterocycles. The Balaban J connectivity index is 0.00000432. The third kappa shape index (κ3) is 6.77. The van der Waals surface area contributed by atoms with Gasteiger partial charge < -0.3 is 14.4 Å². The van der Waals surface area contributed by atoms with Crippen LogP contribution >= 0.6 is 35.3 Å². The Morgan fingerprint density at radius 1 is 1.00 bits per heavy atom. The number of carbonyl (C=O) groups excluding carboxylic acids is 1. The van der Waals surface area contributed by atoms with E-state index in [9.17, 15) is 13.2 Å². The van der Waals surface area contributed by atoms with Crippen LogP contribution in [0.5, 0.6) is 11.5 Å². The second kappa shape index (κ2) is 12.7. The first kappa shape index (κ1) is 29.1. The fraction of sp³-hybridized carbons (Fsp3) is 0.391. The molecule has 0 N–H and O–H groups in total. The van der Waals surface area contributed by atoms with Gasteiger partial charge in [0.1, 0.15) is 27.5 Å². The summed E-state index contributed by atoms with van der Waals surface area (Å²) in [5, 5.41) is 0.810. The number of fused-ring (bicyclic) bond motifs is 1. The van der Waals surface area contributed by atoms with E-state index in [0.717, 1.165) is 17.8 Å². The summed E-state index contributed by atoms with van der Waals surface area (Å²) >= 11 is 7.15. The first-order chi connectivity index (χ1) is 16.2. The summed E-state index contributed by atoms with van der Waals surface area (Å²) < 4.78 is 37.5. The van der Waals surface area contributed by atoms with E-state index in [1.165, 1.54) is 40.5 Å². The standard InChI is InChI=1S/C23H28ClN3O5S2.ClH/c1-5-26(6-2)13-14-27(20(28)15-34(29,30)17-9-7-16(24)8-10-17)23-25-21-18(31-3)11-12-19(32-4)22(21)33-23;/h7-12H,5-6,13-15H2,1-4H3;1H. The van der Waals surface area contributed by atoms with Gasteiger partial charge in [-0.05, 0) is 49.5 Å². The Labute approximate surface area is 221 Å². The Morgan fingerprint density at radius 2 is 1.60 bits per heavy atom. The van der Waals surface area contributed by atoms with Crippen LogP contribution in [0.2, 0.25) is 5.02 Å². The SMILES string of the molecule is CCN(CC)CCN(C(=O)CS(=O)(=O)c1ccc(Cl)cc1)c1nc2c(OC)ccc(OC)c2s1.Cl. The smallest absolute Gasteiger partial charge is 0.244 e. The molecule has 0 atom stereocenters. The molecule has 0 unspecified atom stereocenters. The van der Waals surface area contributed by atoms with Crippen molar-refractivity contribution < 1.29 is 22.7 Å². The van der Waals surface area contributed by atoms with E-state index >= 15 is 0 Å². The van der Waals surface area contributed by atoms with Gasteiger partial charge in [0, 0.05) is 18.1 Å². The minimum Gasteiger partial charge on any atom is -0.495 e. The number of anilines is 1. The molecule has 12 heteroatoms. The van der Waals surface area contributed by atoms with Crippen molar-refractivity contribution in [2.75, 3.05) is 51.1 Å². The lowest BCUT2D eigenvalue weighted by Crippen LogP contribution is -2.41. The molecule has 0 bridgehead atoms. The van der Waals surface area contributed by atoms with Gasteiger partial charge in [-0.1, -0.05) is 36.8 Å². The molecule has 0 saturated carbocycles. The number of hydrogen-bond acceptors (Lipinski definition) is 8. The number of halogens is 2. The van der Waals surface area contributed by atoms with Crippen molar-refractivity contribution in [1.29, 1.82) is 0 Å². The molecule has 3 aromatic rings. The fourth-order valence-electron chi connectivity index (χ4n) is 3.46. The van der Waals surface area contributed by atoms with Gasteiger partial charge in [-0.3, -0.25) is 9.69 Å². The van der Waals surface area contributed by atoms with Crippen molar-refractivity contribution >= 4 is 66.4 Å². The third-order valence-electron chi connectivity index (χ3n) is 5.45. The number of carbonyl (C=O) groups is 1. The van der Waals surface area contributed by atoms with Gasteiger partial charge >= 0.3 is 0 Å². The maximum atomic E-state index is 13.4. The van der Waals surface area contributed by atoms with Crippen molar-refractivity contribution in [3.05, 3.63) is 41.4 Å². The largest absolute Gasteiger partial charge is 0.495 e. The molecular weight excluding hydrogens is 533 g/mol. The molecule has 3 rings (SSSR count). The maximum absolute atomic E-state index is 13.4. The molecule has 0 radical (unpaired) electrons. The Morgan fingerprint density at radius 3 is 2.17 bits per heavy atom. The van der Waals surface area contributed by atoms with E-state index in [4.69, 9.17) is 21.1 Å². The molecular formula is C23H29Cl2N3O5S2. The third-order valence-corrected chi connectivity index (χ3v) is 8.41. The van der Waals surface area contributed by atoms with Crippen LogP contribution in [-0.2, 0) is 14.6 Å². The lowest BCUT2D eigenvalue weighted by molar-refractivity contribution is -0.116. The lowest BCUT2D eigenvalue weighted by atomic mass is 10.3. The quantitative estimate of drug-likeness (QED) is 0.339. The summed E-state index contributed by atoms with van der Waals surface area (Å²) in [5.41, 5.74) is 0.558. The van der Waals surface area contributed by atoms with E-state index in [-0.39, 0.29) is 17.3 Å². The highest BCUT2D eigenvalue weighted by Crippen LogP contribution is 2.40. The monoisotopic (exact) mass is 561 g/mol. The van der Waals surface area contributed by atoms with Gasteiger partial charge in [0.05, 0.1) is 19.1 Å². The highest BCUT2D eigenvalue weighted by atomic mass is 35.5. The first-order valence-electron chi connectivity index (χ1n) is 10.8. The number of thiazole rings is 1. The van der Waals surface area contributed by atoms with Crippen molar-refractivity contribution in [3.63, 3.8) is 0 Å². The van der Waals surface area contributed by atoms with Gasteiger partial charge in [0.2, 0.25) is 5.91 Å². The molecule has 1 heterocycles. The zero-order valence-corrected chi connectivity index (χ0v) is 23.2. The molecule has 0 spiro atoms. The maximum Gasteiger partial charge on any atom is 0.244 e. The second-order valence-electron chi connectivity index (χ2n) is 7.43. The second-order valence-corrected chi connectivity index (χ2v) is 10.8. The number of nitrogens with zero attached hydrogens (tertiary/aromatic N) is 3. The number of sulfone groups is 1. The average molecular weight is 563 g/mol. The number of likely N-dealkylation sites (N-methyl/N-ethyl adjacent to an activating group) is 1. The average Bonchev–Trinajstić information content (AvgIpc) is 3.26. The number of ether oxygens (including phenoxy) is 2. The van der Waals surface area contributed by atoms with Crippen molar-refractivity contribution in [2.45, 2.75) is 18.7 Å². The minimum atomic E-state index is -3.87. The summed E-state index contributed by atoms with van der Waals surface area (Å²) in [6.45, 7) is 6.55. The van der Waals surface area contributed by atoms with Crippen molar-refractivity contribution in [3.8, 4) is 11.5 Å². The number of methoxy groups -OCH3 is 2.